The van der Waals surface area contributed by atoms with Crippen LogP contribution in [0.4, 0.5) is 11.4 Å². The van der Waals surface area contributed by atoms with Crippen LogP contribution in [0.15, 0.2) is 42.7 Å². The van der Waals surface area contributed by atoms with E-state index in [2.05, 4.69) is 32.9 Å². The van der Waals surface area contributed by atoms with E-state index < -0.39 is 0 Å². The highest BCUT2D eigenvalue weighted by atomic mass is 127. The number of rotatable bonds is 5. The number of hydrogen-bond acceptors (Lipinski definition) is 4. The average Bonchev–Trinajstić information content (AvgIpc) is 2.41. The van der Waals surface area contributed by atoms with Crippen LogP contribution in [0.25, 0.3) is 0 Å². The monoisotopic (exact) mass is 369 g/mol. The Balaban J connectivity index is 2.02. The van der Waals surface area contributed by atoms with Gasteiger partial charge in [0.1, 0.15) is 5.69 Å². The van der Waals surface area contributed by atoms with Crippen LogP contribution in [-0.4, -0.2) is 16.5 Å². The van der Waals surface area contributed by atoms with Gasteiger partial charge in [-0.05, 0) is 58.8 Å². The Hall–Kier alpha value is -1.70. The van der Waals surface area contributed by atoms with Crippen molar-refractivity contribution in [3.63, 3.8) is 0 Å². The van der Waals surface area contributed by atoms with Crippen LogP contribution in [0, 0.1) is 13.7 Å². The molecule has 0 atom stereocenters. The molecule has 5 nitrogen and oxygen atoms in total. The zero-order chi connectivity index (χ0) is 13.7. The van der Waals surface area contributed by atoms with Crippen molar-refractivity contribution in [1.29, 1.82) is 0 Å². The first-order valence-corrected chi connectivity index (χ1v) is 6.81. The first-order chi connectivity index (χ1) is 9.16. The number of nitrogens with one attached hydrogen (secondary N) is 1. The van der Waals surface area contributed by atoms with Crippen molar-refractivity contribution >= 4 is 34.0 Å². The number of nitro benzene ring substituents is 1. The zero-order valence-electron chi connectivity index (χ0n) is 10.0. The van der Waals surface area contributed by atoms with E-state index in [9.17, 15) is 10.1 Å². The van der Waals surface area contributed by atoms with E-state index in [4.69, 9.17) is 0 Å². The lowest BCUT2D eigenvalue weighted by Gasteiger charge is -2.07. The molecule has 0 spiro atoms. The maximum Gasteiger partial charge on any atom is 0.293 e. The molecule has 1 N–H and O–H groups in total. The van der Waals surface area contributed by atoms with Crippen molar-refractivity contribution in [2.45, 2.75) is 6.42 Å². The molecule has 0 saturated heterocycles. The molecule has 2 aromatic rings. The van der Waals surface area contributed by atoms with Gasteiger partial charge in [0.2, 0.25) is 0 Å². The summed E-state index contributed by atoms with van der Waals surface area (Å²) in [5, 5.41) is 14.1. The molecule has 0 aliphatic heterocycles. The second-order valence-electron chi connectivity index (χ2n) is 3.95. The van der Waals surface area contributed by atoms with Crippen LogP contribution in [0.3, 0.4) is 0 Å². The molecule has 1 heterocycles. The second-order valence-corrected chi connectivity index (χ2v) is 5.20. The Morgan fingerprint density at radius 1 is 1.26 bits per heavy atom. The molecule has 0 bridgehead atoms. The first-order valence-electron chi connectivity index (χ1n) is 5.73. The minimum absolute atomic E-state index is 0.113. The molecule has 98 valence electrons. The minimum Gasteiger partial charge on any atom is -0.379 e. The zero-order valence-corrected chi connectivity index (χ0v) is 12.2. The Morgan fingerprint density at radius 3 is 2.68 bits per heavy atom. The number of halogens is 1. The van der Waals surface area contributed by atoms with E-state index >= 15 is 0 Å². The lowest BCUT2D eigenvalue weighted by atomic mass is 10.2. The van der Waals surface area contributed by atoms with Crippen molar-refractivity contribution in [1.82, 2.24) is 4.98 Å². The van der Waals surface area contributed by atoms with Crippen molar-refractivity contribution in [3.8, 4) is 0 Å². The molecule has 0 saturated carbocycles. The van der Waals surface area contributed by atoms with Crippen LogP contribution < -0.4 is 5.32 Å². The molecule has 6 heteroatoms. The third kappa shape index (κ3) is 3.88. The molecule has 0 unspecified atom stereocenters. The van der Waals surface area contributed by atoms with Gasteiger partial charge in [0.05, 0.1) is 4.92 Å². The molecule has 1 aromatic carbocycles. The molecule has 0 radical (unpaired) electrons. The molecule has 1 aromatic heterocycles. The number of nitrogens with zero attached hydrogens (tertiary/aromatic N) is 2. The van der Waals surface area contributed by atoms with E-state index in [-0.39, 0.29) is 10.6 Å². The Labute approximate surface area is 124 Å². The van der Waals surface area contributed by atoms with E-state index in [1.807, 2.05) is 18.2 Å². The van der Waals surface area contributed by atoms with Crippen LogP contribution in [0.1, 0.15) is 5.56 Å². The van der Waals surface area contributed by atoms with Gasteiger partial charge in [-0.25, -0.2) is 0 Å². The third-order valence-electron chi connectivity index (χ3n) is 2.63. The van der Waals surface area contributed by atoms with Gasteiger partial charge in [0.15, 0.2) is 0 Å². The number of pyridine rings is 1. The minimum atomic E-state index is -0.364. The summed E-state index contributed by atoms with van der Waals surface area (Å²) in [5.74, 6) is 0. The van der Waals surface area contributed by atoms with E-state index in [0.29, 0.717) is 12.2 Å². The lowest BCUT2D eigenvalue weighted by Crippen LogP contribution is -2.07. The van der Waals surface area contributed by atoms with Gasteiger partial charge in [-0.15, -0.1) is 0 Å². The normalized spacial score (nSPS) is 10.2. The summed E-state index contributed by atoms with van der Waals surface area (Å²) in [7, 11) is 0. The first kappa shape index (κ1) is 13.7. The molecule has 0 aliphatic rings. The third-order valence-corrected chi connectivity index (χ3v) is 3.31. The summed E-state index contributed by atoms with van der Waals surface area (Å²) >= 11 is 2.06. The maximum atomic E-state index is 11.0. The second kappa shape index (κ2) is 6.46. The van der Waals surface area contributed by atoms with Crippen LogP contribution in [0.5, 0.6) is 0 Å². The lowest BCUT2D eigenvalue weighted by molar-refractivity contribution is -0.384. The number of hydrogen-bond donors (Lipinski definition) is 1. The fourth-order valence-corrected chi connectivity index (χ4v) is 2.17. The summed E-state index contributed by atoms with van der Waals surface area (Å²) in [5.41, 5.74) is 1.82. The molecule has 19 heavy (non-hydrogen) atoms. The van der Waals surface area contributed by atoms with Crippen LogP contribution in [0.2, 0.25) is 0 Å². The summed E-state index contributed by atoms with van der Waals surface area (Å²) in [6.45, 7) is 0.644. The quantitative estimate of drug-likeness (QED) is 0.499. The summed E-state index contributed by atoms with van der Waals surface area (Å²) in [6, 6.07) is 9.03. The Bertz CT molecular complexity index is 575. The van der Waals surface area contributed by atoms with Crippen LogP contribution >= 0.6 is 22.6 Å². The molecular formula is C13H12IN3O2. The fourth-order valence-electron chi connectivity index (χ4n) is 1.70. The number of anilines is 1. The summed E-state index contributed by atoms with van der Waals surface area (Å²) < 4.78 is 0.851. The molecule has 0 aliphatic carbocycles. The van der Waals surface area contributed by atoms with Crippen molar-refractivity contribution in [2.24, 2.45) is 0 Å². The van der Waals surface area contributed by atoms with Gasteiger partial charge in [0, 0.05) is 28.6 Å². The summed E-state index contributed by atoms with van der Waals surface area (Å²) in [4.78, 5) is 14.5. The van der Waals surface area contributed by atoms with Gasteiger partial charge in [-0.1, -0.05) is 0 Å². The summed E-state index contributed by atoms with van der Waals surface area (Å²) in [6.07, 6.45) is 4.27. The maximum absolute atomic E-state index is 11.0. The van der Waals surface area contributed by atoms with Gasteiger partial charge in [-0.2, -0.15) is 0 Å². The van der Waals surface area contributed by atoms with Gasteiger partial charge in [0.25, 0.3) is 5.69 Å². The highest BCUT2D eigenvalue weighted by Gasteiger charge is 2.13. The molecular weight excluding hydrogens is 357 g/mol. The van der Waals surface area contributed by atoms with E-state index in [1.54, 1.807) is 24.5 Å². The highest BCUT2D eigenvalue weighted by molar-refractivity contribution is 14.1. The molecule has 0 fully saturated rings. The van der Waals surface area contributed by atoms with E-state index in [1.165, 1.54) is 0 Å². The largest absolute Gasteiger partial charge is 0.379 e. The number of nitro groups is 1. The SMILES string of the molecule is O=[N+]([O-])c1cc(I)ccc1NCCc1ccncc1. The highest BCUT2D eigenvalue weighted by Crippen LogP contribution is 2.26. The van der Waals surface area contributed by atoms with Gasteiger partial charge >= 0.3 is 0 Å². The smallest absolute Gasteiger partial charge is 0.293 e. The standard InChI is InChI=1S/C13H12IN3O2/c14-11-1-2-12(13(9-11)17(18)19)16-8-5-10-3-6-15-7-4-10/h1-4,6-7,9,16H,5,8H2. The molecule has 2 rings (SSSR count). The van der Waals surface area contributed by atoms with E-state index in [0.717, 1.165) is 15.6 Å². The van der Waals surface area contributed by atoms with Crippen LogP contribution in [-0.2, 0) is 6.42 Å². The number of aromatic nitrogens is 1. The predicted molar refractivity (Wildman–Crippen MR) is 82.2 cm³/mol. The Morgan fingerprint density at radius 2 is 2.00 bits per heavy atom. The number of benzene rings is 1. The molecule has 0 amide bonds. The van der Waals surface area contributed by atoms with Crippen molar-refractivity contribution in [3.05, 3.63) is 62.0 Å². The van der Waals surface area contributed by atoms with Gasteiger partial charge < -0.3 is 5.32 Å². The van der Waals surface area contributed by atoms with Crippen molar-refractivity contribution < 1.29 is 4.92 Å². The average molecular weight is 369 g/mol. The topological polar surface area (TPSA) is 68.1 Å². The predicted octanol–water partition coefficient (Wildman–Crippen LogP) is 3.25. The Kier molecular flexibility index (Phi) is 4.67. The van der Waals surface area contributed by atoms with Gasteiger partial charge in [-0.3, -0.25) is 15.1 Å². The fraction of sp³-hybridized carbons (Fsp3) is 0.154. The van der Waals surface area contributed by atoms with Crippen molar-refractivity contribution in [2.75, 3.05) is 11.9 Å².